The first-order chi connectivity index (χ1) is 10.0. The molecule has 0 heterocycles. The molecule has 0 saturated heterocycles. The Bertz CT molecular complexity index is 663. The molecular weight excluding hydrogens is 286 g/mol. The van der Waals surface area contributed by atoms with Gasteiger partial charge in [0.25, 0.3) is 5.91 Å². The SMILES string of the molecule is Cc1ccc(NC(=O)C=COc2ccc(Cl)cc2)cc1C. The summed E-state index contributed by atoms with van der Waals surface area (Å²) in [7, 11) is 0. The van der Waals surface area contributed by atoms with Crippen molar-refractivity contribution in [1.29, 1.82) is 0 Å². The van der Waals surface area contributed by atoms with Crippen LogP contribution in [-0.2, 0) is 4.79 Å². The van der Waals surface area contributed by atoms with Crippen LogP contribution in [0.15, 0.2) is 54.8 Å². The van der Waals surface area contributed by atoms with Gasteiger partial charge in [0.05, 0.1) is 6.26 Å². The van der Waals surface area contributed by atoms with Gasteiger partial charge in [0, 0.05) is 16.8 Å². The molecule has 0 aliphatic carbocycles. The van der Waals surface area contributed by atoms with Crippen molar-refractivity contribution in [3.05, 3.63) is 71.0 Å². The Morgan fingerprint density at radius 1 is 1.10 bits per heavy atom. The molecule has 2 aromatic carbocycles. The van der Waals surface area contributed by atoms with Gasteiger partial charge in [0.1, 0.15) is 5.75 Å². The molecule has 21 heavy (non-hydrogen) atoms. The fraction of sp³-hybridized carbons (Fsp3) is 0.118. The number of anilines is 1. The Balaban J connectivity index is 1.90. The Kier molecular flexibility index (Phi) is 5.01. The zero-order valence-corrected chi connectivity index (χ0v) is 12.6. The van der Waals surface area contributed by atoms with Crippen LogP contribution in [0.5, 0.6) is 5.75 Å². The Labute approximate surface area is 129 Å². The minimum Gasteiger partial charge on any atom is -0.465 e. The number of ether oxygens (including phenoxy) is 1. The van der Waals surface area contributed by atoms with Crippen LogP contribution >= 0.6 is 11.6 Å². The van der Waals surface area contributed by atoms with Gasteiger partial charge >= 0.3 is 0 Å². The largest absolute Gasteiger partial charge is 0.465 e. The second-order valence-electron chi connectivity index (χ2n) is 4.66. The van der Waals surface area contributed by atoms with Gasteiger partial charge in [-0.05, 0) is 61.4 Å². The van der Waals surface area contributed by atoms with E-state index in [4.69, 9.17) is 16.3 Å². The van der Waals surface area contributed by atoms with Crippen molar-refractivity contribution < 1.29 is 9.53 Å². The molecule has 0 saturated carbocycles. The van der Waals surface area contributed by atoms with Crippen LogP contribution in [0.2, 0.25) is 5.02 Å². The molecule has 108 valence electrons. The quantitative estimate of drug-likeness (QED) is 0.667. The van der Waals surface area contributed by atoms with Crippen LogP contribution in [0.25, 0.3) is 0 Å². The molecule has 0 radical (unpaired) electrons. The highest BCUT2D eigenvalue weighted by atomic mass is 35.5. The topological polar surface area (TPSA) is 38.3 Å². The minimum atomic E-state index is -0.243. The van der Waals surface area contributed by atoms with Crippen molar-refractivity contribution in [3.63, 3.8) is 0 Å². The lowest BCUT2D eigenvalue weighted by Crippen LogP contribution is -2.08. The van der Waals surface area contributed by atoms with Crippen LogP contribution < -0.4 is 10.1 Å². The summed E-state index contributed by atoms with van der Waals surface area (Å²) in [6.45, 7) is 4.03. The molecule has 2 rings (SSSR count). The summed E-state index contributed by atoms with van der Waals surface area (Å²) in [5.74, 6) is 0.377. The number of carbonyl (C=O) groups is 1. The summed E-state index contributed by atoms with van der Waals surface area (Å²) in [5, 5.41) is 3.42. The molecule has 3 nitrogen and oxygen atoms in total. The lowest BCUT2D eigenvalue weighted by Gasteiger charge is -2.05. The highest BCUT2D eigenvalue weighted by molar-refractivity contribution is 6.30. The summed E-state index contributed by atoms with van der Waals surface area (Å²) in [5.41, 5.74) is 3.09. The molecule has 0 fully saturated rings. The van der Waals surface area contributed by atoms with Gasteiger partial charge in [-0.1, -0.05) is 17.7 Å². The van der Waals surface area contributed by atoms with E-state index in [2.05, 4.69) is 5.32 Å². The summed E-state index contributed by atoms with van der Waals surface area (Å²) in [6, 6.07) is 12.7. The van der Waals surface area contributed by atoms with Gasteiger partial charge in [0.15, 0.2) is 0 Å². The Morgan fingerprint density at radius 3 is 2.48 bits per heavy atom. The highest BCUT2D eigenvalue weighted by Gasteiger charge is 2.00. The third-order valence-corrected chi connectivity index (χ3v) is 3.26. The monoisotopic (exact) mass is 301 g/mol. The van der Waals surface area contributed by atoms with Crippen LogP contribution in [0.1, 0.15) is 11.1 Å². The number of aryl methyl sites for hydroxylation is 2. The first kappa shape index (κ1) is 15.1. The maximum atomic E-state index is 11.8. The number of amides is 1. The highest BCUT2D eigenvalue weighted by Crippen LogP contribution is 2.16. The third kappa shape index (κ3) is 4.65. The van der Waals surface area contributed by atoms with Crippen LogP contribution in [-0.4, -0.2) is 5.91 Å². The average Bonchev–Trinajstić information content (AvgIpc) is 2.45. The maximum absolute atomic E-state index is 11.8. The molecule has 0 aliphatic heterocycles. The molecule has 4 heteroatoms. The molecule has 0 unspecified atom stereocenters. The maximum Gasteiger partial charge on any atom is 0.251 e. The number of halogens is 1. The molecule has 2 aromatic rings. The summed E-state index contributed by atoms with van der Waals surface area (Å²) < 4.78 is 5.31. The third-order valence-electron chi connectivity index (χ3n) is 3.01. The van der Waals surface area contributed by atoms with E-state index in [1.54, 1.807) is 24.3 Å². The van der Waals surface area contributed by atoms with Gasteiger partial charge in [-0.3, -0.25) is 4.79 Å². The summed E-state index contributed by atoms with van der Waals surface area (Å²) in [4.78, 5) is 11.8. The second kappa shape index (κ2) is 6.95. The van der Waals surface area contributed by atoms with Gasteiger partial charge in [-0.15, -0.1) is 0 Å². The van der Waals surface area contributed by atoms with Gasteiger partial charge in [0.2, 0.25) is 0 Å². The van der Waals surface area contributed by atoms with Crippen LogP contribution in [0, 0.1) is 13.8 Å². The molecule has 0 aromatic heterocycles. The minimum absolute atomic E-state index is 0.243. The van der Waals surface area contributed by atoms with Crippen molar-refractivity contribution in [2.24, 2.45) is 0 Å². The van der Waals surface area contributed by atoms with E-state index in [1.165, 1.54) is 17.9 Å². The van der Waals surface area contributed by atoms with E-state index in [-0.39, 0.29) is 5.91 Å². The number of hydrogen-bond acceptors (Lipinski definition) is 2. The van der Waals surface area contributed by atoms with E-state index in [1.807, 2.05) is 32.0 Å². The van der Waals surface area contributed by atoms with Crippen LogP contribution in [0.4, 0.5) is 5.69 Å². The standard InChI is InChI=1S/C17H16ClNO2/c1-12-3-6-15(11-13(12)2)19-17(20)9-10-21-16-7-4-14(18)5-8-16/h3-11H,1-2H3,(H,19,20). The first-order valence-corrected chi connectivity index (χ1v) is 6.89. The van der Waals surface area contributed by atoms with Crippen molar-refractivity contribution in [3.8, 4) is 5.75 Å². The first-order valence-electron chi connectivity index (χ1n) is 6.51. The van der Waals surface area contributed by atoms with Gasteiger partial charge < -0.3 is 10.1 Å². The number of carbonyl (C=O) groups excluding carboxylic acids is 1. The molecule has 0 atom stereocenters. The zero-order chi connectivity index (χ0) is 15.2. The lowest BCUT2D eigenvalue weighted by molar-refractivity contribution is -0.112. The molecule has 0 aliphatic rings. The molecule has 1 amide bonds. The molecule has 0 bridgehead atoms. The van der Waals surface area contributed by atoms with Crippen molar-refractivity contribution >= 4 is 23.2 Å². The number of rotatable bonds is 4. The van der Waals surface area contributed by atoms with Gasteiger partial charge in [-0.25, -0.2) is 0 Å². The number of hydrogen-bond donors (Lipinski definition) is 1. The fourth-order valence-corrected chi connectivity index (χ4v) is 1.82. The second-order valence-corrected chi connectivity index (χ2v) is 5.10. The Morgan fingerprint density at radius 2 is 1.81 bits per heavy atom. The predicted octanol–water partition coefficient (Wildman–Crippen LogP) is 4.49. The van der Waals surface area contributed by atoms with Gasteiger partial charge in [-0.2, -0.15) is 0 Å². The normalized spacial score (nSPS) is 10.6. The van der Waals surface area contributed by atoms with E-state index >= 15 is 0 Å². The lowest BCUT2D eigenvalue weighted by atomic mass is 10.1. The number of nitrogens with one attached hydrogen (secondary N) is 1. The van der Waals surface area contributed by atoms with E-state index < -0.39 is 0 Å². The zero-order valence-electron chi connectivity index (χ0n) is 11.9. The van der Waals surface area contributed by atoms with E-state index in [9.17, 15) is 4.79 Å². The van der Waals surface area contributed by atoms with E-state index in [0.717, 1.165) is 11.3 Å². The smallest absolute Gasteiger partial charge is 0.251 e. The van der Waals surface area contributed by atoms with E-state index in [0.29, 0.717) is 10.8 Å². The average molecular weight is 302 g/mol. The van der Waals surface area contributed by atoms with Crippen molar-refractivity contribution in [2.45, 2.75) is 13.8 Å². The van der Waals surface area contributed by atoms with Crippen molar-refractivity contribution in [1.82, 2.24) is 0 Å². The van der Waals surface area contributed by atoms with Crippen molar-refractivity contribution in [2.75, 3.05) is 5.32 Å². The molecule has 1 N–H and O–H groups in total. The molecular formula is C17H16ClNO2. The molecule has 0 spiro atoms. The van der Waals surface area contributed by atoms with Crippen LogP contribution in [0.3, 0.4) is 0 Å². The Hall–Kier alpha value is -2.26. The number of benzene rings is 2. The fourth-order valence-electron chi connectivity index (χ4n) is 1.69. The summed E-state index contributed by atoms with van der Waals surface area (Å²) in [6.07, 6.45) is 2.68. The predicted molar refractivity (Wildman–Crippen MR) is 85.8 cm³/mol. The summed E-state index contributed by atoms with van der Waals surface area (Å²) >= 11 is 5.77.